The van der Waals surface area contributed by atoms with Crippen LogP contribution in [0.25, 0.3) is 0 Å². The Hall–Kier alpha value is -1.65. The number of halogens is 1. The van der Waals surface area contributed by atoms with Crippen LogP contribution in [0.1, 0.15) is 27.2 Å². The first-order chi connectivity index (χ1) is 7.95. The minimum atomic E-state index is -0.605. The molecule has 1 rings (SSSR count). The van der Waals surface area contributed by atoms with Gasteiger partial charge >= 0.3 is 0 Å². The van der Waals surface area contributed by atoms with Gasteiger partial charge in [-0.25, -0.2) is 4.39 Å². The van der Waals surface area contributed by atoms with Gasteiger partial charge in [-0.3, -0.25) is 10.1 Å². The largest absolute Gasteiger partial charge is 0.380 e. The van der Waals surface area contributed by atoms with Gasteiger partial charge < -0.3 is 5.32 Å². The molecule has 1 N–H and O–H groups in total. The number of rotatable bonds is 5. The van der Waals surface area contributed by atoms with Crippen molar-refractivity contribution in [2.24, 2.45) is 5.92 Å². The summed E-state index contributed by atoms with van der Waals surface area (Å²) in [4.78, 5) is 9.86. The molecule has 17 heavy (non-hydrogen) atoms. The highest BCUT2D eigenvalue weighted by Crippen LogP contribution is 2.23. The van der Waals surface area contributed by atoms with E-state index in [2.05, 4.69) is 5.32 Å². The zero-order valence-electron chi connectivity index (χ0n) is 10.2. The Bertz CT molecular complexity index is 407. The van der Waals surface area contributed by atoms with Crippen LogP contribution in [0.4, 0.5) is 15.8 Å². The van der Waals surface area contributed by atoms with E-state index < -0.39 is 10.7 Å². The average molecular weight is 240 g/mol. The maximum absolute atomic E-state index is 13.6. The summed E-state index contributed by atoms with van der Waals surface area (Å²) < 4.78 is 13.6. The third kappa shape index (κ3) is 3.41. The minimum absolute atomic E-state index is 0.158. The van der Waals surface area contributed by atoms with Gasteiger partial charge in [0.1, 0.15) is 0 Å². The van der Waals surface area contributed by atoms with Gasteiger partial charge in [0.15, 0.2) is 5.82 Å². The van der Waals surface area contributed by atoms with Crippen LogP contribution in [-0.2, 0) is 0 Å². The number of benzene rings is 1. The standard InChI is InChI=1S/C12H17FN2O2/c1-4-11(8(2)3)14-12-6-5-9(15(16)17)7-10(12)13/h5-8,11,14H,4H2,1-3H3. The van der Waals surface area contributed by atoms with E-state index in [-0.39, 0.29) is 11.7 Å². The number of nitro groups is 1. The van der Waals surface area contributed by atoms with Crippen molar-refractivity contribution in [1.29, 1.82) is 0 Å². The first-order valence-corrected chi connectivity index (χ1v) is 5.66. The number of nitrogens with one attached hydrogen (secondary N) is 1. The molecule has 0 aliphatic carbocycles. The summed E-state index contributed by atoms with van der Waals surface area (Å²) in [6, 6.07) is 3.82. The number of nitrogens with zero attached hydrogens (tertiary/aromatic N) is 1. The van der Waals surface area contributed by atoms with Crippen molar-refractivity contribution in [2.75, 3.05) is 5.32 Å². The first-order valence-electron chi connectivity index (χ1n) is 5.66. The highest BCUT2D eigenvalue weighted by molar-refractivity contribution is 5.50. The molecule has 0 amide bonds. The van der Waals surface area contributed by atoms with Crippen LogP contribution in [-0.4, -0.2) is 11.0 Å². The summed E-state index contributed by atoms with van der Waals surface area (Å²) >= 11 is 0. The SMILES string of the molecule is CCC(Nc1ccc([N+](=O)[O-])cc1F)C(C)C. The van der Waals surface area contributed by atoms with E-state index in [0.717, 1.165) is 12.5 Å². The van der Waals surface area contributed by atoms with E-state index in [4.69, 9.17) is 0 Å². The van der Waals surface area contributed by atoms with Gasteiger partial charge in [-0.15, -0.1) is 0 Å². The van der Waals surface area contributed by atoms with Gasteiger partial charge in [-0.1, -0.05) is 20.8 Å². The molecule has 1 unspecified atom stereocenters. The summed E-state index contributed by atoms with van der Waals surface area (Å²) in [5.41, 5.74) is 0.0850. The fourth-order valence-electron chi connectivity index (χ4n) is 1.67. The van der Waals surface area contributed by atoms with Gasteiger partial charge in [0.2, 0.25) is 0 Å². The van der Waals surface area contributed by atoms with Crippen molar-refractivity contribution in [3.05, 3.63) is 34.1 Å². The molecule has 94 valence electrons. The Morgan fingerprint density at radius 3 is 2.53 bits per heavy atom. The Kier molecular flexibility index (Phi) is 4.43. The number of non-ortho nitro benzene ring substituents is 1. The zero-order chi connectivity index (χ0) is 13.0. The first kappa shape index (κ1) is 13.4. The van der Waals surface area contributed by atoms with E-state index >= 15 is 0 Å². The number of anilines is 1. The molecular formula is C12H17FN2O2. The summed E-state index contributed by atoms with van der Waals surface area (Å²) in [7, 11) is 0. The van der Waals surface area contributed by atoms with Gasteiger partial charge in [0, 0.05) is 12.1 Å². The van der Waals surface area contributed by atoms with Crippen LogP contribution < -0.4 is 5.32 Å². The van der Waals surface area contributed by atoms with Crippen LogP contribution >= 0.6 is 0 Å². The van der Waals surface area contributed by atoms with Crippen molar-refractivity contribution in [3.63, 3.8) is 0 Å². The van der Waals surface area contributed by atoms with Crippen molar-refractivity contribution in [3.8, 4) is 0 Å². The molecule has 5 heteroatoms. The summed E-state index contributed by atoms with van der Waals surface area (Å²) in [5.74, 6) is -0.215. The molecule has 0 fully saturated rings. The lowest BCUT2D eigenvalue weighted by atomic mass is 10.0. The molecule has 0 heterocycles. The Morgan fingerprint density at radius 2 is 2.12 bits per heavy atom. The minimum Gasteiger partial charge on any atom is -0.380 e. The second kappa shape index (κ2) is 5.61. The molecule has 0 aromatic heterocycles. The molecule has 0 radical (unpaired) electrons. The van der Waals surface area contributed by atoms with E-state index in [9.17, 15) is 14.5 Å². The normalized spacial score (nSPS) is 12.5. The molecule has 4 nitrogen and oxygen atoms in total. The third-order valence-corrected chi connectivity index (χ3v) is 2.75. The Balaban J connectivity index is 2.89. The fraction of sp³-hybridized carbons (Fsp3) is 0.500. The zero-order valence-corrected chi connectivity index (χ0v) is 10.2. The summed E-state index contributed by atoms with van der Waals surface area (Å²) in [6.07, 6.45) is 0.869. The van der Waals surface area contributed by atoms with Crippen LogP contribution in [0.5, 0.6) is 0 Å². The van der Waals surface area contributed by atoms with Gasteiger partial charge in [0.05, 0.1) is 16.7 Å². The predicted octanol–water partition coefficient (Wildman–Crippen LogP) is 3.58. The molecule has 1 aromatic carbocycles. The quantitative estimate of drug-likeness (QED) is 0.632. The lowest BCUT2D eigenvalue weighted by molar-refractivity contribution is -0.385. The van der Waals surface area contributed by atoms with Crippen LogP contribution in [0.3, 0.4) is 0 Å². The van der Waals surface area contributed by atoms with Crippen molar-refractivity contribution in [2.45, 2.75) is 33.2 Å². The molecule has 0 spiro atoms. The number of hydrogen-bond donors (Lipinski definition) is 1. The van der Waals surface area contributed by atoms with Crippen LogP contribution in [0, 0.1) is 21.8 Å². The Labute approximate surface area is 100.0 Å². The van der Waals surface area contributed by atoms with Crippen molar-refractivity contribution < 1.29 is 9.31 Å². The topological polar surface area (TPSA) is 55.2 Å². The van der Waals surface area contributed by atoms with Gasteiger partial charge in [0.25, 0.3) is 5.69 Å². The van der Waals surface area contributed by atoms with E-state index in [1.807, 2.05) is 20.8 Å². The van der Waals surface area contributed by atoms with Crippen LogP contribution in [0.15, 0.2) is 18.2 Å². The molecule has 0 aliphatic rings. The van der Waals surface area contributed by atoms with E-state index in [1.165, 1.54) is 12.1 Å². The van der Waals surface area contributed by atoms with Gasteiger partial charge in [-0.05, 0) is 18.4 Å². The molecule has 0 bridgehead atoms. The molecule has 1 aromatic rings. The molecule has 0 saturated heterocycles. The lowest BCUT2D eigenvalue weighted by Gasteiger charge is -2.22. The second-order valence-corrected chi connectivity index (χ2v) is 4.32. The van der Waals surface area contributed by atoms with E-state index in [1.54, 1.807) is 0 Å². The van der Waals surface area contributed by atoms with Crippen molar-refractivity contribution in [1.82, 2.24) is 0 Å². The van der Waals surface area contributed by atoms with Crippen LogP contribution in [0.2, 0.25) is 0 Å². The molecular weight excluding hydrogens is 223 g/mol. The average Bonchev–Trinajstić information content (AvgIpc) is 2.26. The highest BCUT2D eigenvalue weighted by atomic mass is 19.1. The monoisotopic (exact) mass is 240 g/mol. The number of hydrogen-bond acceptors (Lipinski definition) is 3. The molecule has 0 saturated carbocycles. The Morgan fingerprint density at radius 1 is 1.47 bits per heavy atom. The maximum atomic E-state index is 13.6. The second-order valence-electron chi connectivity index (χ2n) is 4.32. The highest BCUT2D eigenvalue weighted by Gasteiger charge is 2.15. The summed E-state index contributed by atoms with van der Waals surface area (Å²) in [6.45, 7) is 6.11. The number of nitro benzene ring substituents is 1. The predicted molar refractivity (Wildman–Crippen MR) is 65.6 cm³/mol. The molecule has 0 aliphatic heterocycles. The lowest BCUT2D eigenvalue weighted by Crippen LogP contribution is -2.25. The smallest absolute Gasteiger partial charge is 0.272 e. The maximum Gasteiger partial charge on any atom is 0.272 e. The third-order valence-electron chi connectivity index (χ3n) is 2.75. The van der Waals surface area contributed by atoms with Crippen molar-refractivity contribution >= 4 is 11.4 Å². The molecule has 1 atom stereocenters. The fourth-order valence-corrected chi connectivity index (χ4v) is 1.67. The van der Waals surface area contributed by atoms with Gasteiger partial charge in [-0.2, -0.15) is 0 Å². The summed E-state index contributed by atoms with van der Waals surface area (Å²) in [5, 5.41) is 13.5. The van der Waals surface area contributed by atoms with E-state index in [0.29, 0.717) is 11.6 Å².